The van der Waals surface area contributed by atoms with Crippen molar-refractivity contribution in [1.82, 2.24) is 9.78 Å². The van der Waals surface area contributed by atoms with Crippen LogP contribution in [-0.4, -0.2) is 21.0 Å². The van der Waals surface area contributed by atoms with Gasteiger partial charge >= 0.3 is 0 Å². The van der Waals surface area contributed by atoms with E-state index < -0.39 is 0 Å². The summed E-state index contributed by atoms with van der Waals surface area (Å²) < 4.78 is 2.09. The van der Waals surface area contributed by atoms with Crippen LogP contribution in [0.25, 0.3) is 0 Å². The van der Waals surface area contributed by atoms with Crippen molar-refractivity contribution < 1.29 is 5.11 Å². The van der Waals surface area contributed by atoms with E-state index in [-0.39, 0.29) is 11.5 Å². The summed E-state index contributed by atoms with van der Waals surface area (Å²) in [6.07, 6.45) is 5.81. The first-order chi connectivity index (χ1) is 8.38. The average Bonchev–Trinajstić information content (AvgIpc) is 2.65. The van der Waals surface area contributed by atoms with Gasteiger partial charge in [-0.15, -0.1) is 0 Å². The van der Waals surface area contributed by atoms with E-state index in [1.807, 2.05) is 6.92 Å². The number of aliphatic hydroxyl groups excluding tert-OH is 1. The number of rotatable bonds is 7. The Bertz CT molecular complexity index is 351. The second-order valence-electron chi connectivity index (χ2n) is 6.15. The van der Waals surface area contributed by atoms with Crippen LogP contribution in [0.1, 0.15) is 65.6 Å². The molecule has 0 aliphatic carbocycles. The fourth-order valence-corrected chi connectivity index (χ4v) is 2.70. The molecule has 104 valence electrons. The summed E-state index contributed by atoms with van der Waals surface area (Å²) in [5.41, 5.74) is 1.23. The molecular formula is C15H28N2O. The highest BCUT2D eigenvalue weighted by atomic mass is 16.3. The van der Waals surface area contributed by atoms with Crippen molar-refractivity contribution in [2.75, 3.05) is 0 Å². The Morgan fingerprint density at radius 3 is 2.44 bits per heavy atom. The second-order valence-corrected chi connectivity index (χ2v) is 6.15. The third-order valence-corrected chi connectivity index (χ3v) is 3.49. The lowest BCUT2D eigenvalue weighted by Crippen LogP contribution is -2.21. The molecule has 0 aliphatic rings. The highest BCUT2D eigenvalue weighted by Crippen LogP contribution is 2.27. The third-order valence-electron chi connectivity index (χ3n) is 3.49. The number of nitrogens with zero attached hydrogens (tertiary/aromatic N) is 2. The number of hydrogen-bond acceptors (Lipinski definition) is 2. The Kier molecular flexibility index (Phi) is 5.39. The lowest BCUT2D eigenvalue weighted by Gasteiger charge is -2.25. The predicted octanol–water partition coefficient (Wildman–Crippen LogP) is 3.58. The van der Waals surface area contributed by atoms with E-state index in [1.54, 1.807) is 0 Å². The molecule has 0 aliphatic heterocycles. The molecule has 0 amide bonds. The van der Waals surface area contributed by atoms with Gasteiger partial charge in [-0.3, -0.25) is 4.68 Å². The molecule has 0 saturated heterocycles. The van der Waals surface area contributed by atoms with Gasteiger partial charge in [0.05, 0.1) is 17.8 Å². The average molecular weight is 252 g/mol. The molecule has 0 saturated carbocycles. The largest absolute Gasteiger partial charge is 0.393 e. The lowest BCUT2D eigenvalue weighted by atomic mass is 9.82. The van der Waals surface area contributed by atoms with E-state index in [1.165, 1.54) is 0 Å². The molecule has 1 rings (SSSR count). The summed E-state index contributed by atoms with van der Waals surface area (Å²) in [7, 11) is 0. The van der Waals surface area contributed by atoms with E-state index >= 15 is 0 Å². The van der Waals surface area contributed by atoms with Gasteiger partial charge in [-0.25, -0.2) is 0 Å². The number of hydrogen-bond donors (Lipinski definition) is 1. The Hall–Kier alpha value is -0.830. The quantitative estimate of drug-likeness (QED) is 0.805. The minimum Gasteiger partial charge on any atom is -0.393 e. The number of aromatic nitrogens is 2. The van der Waals surface area contributed by atoms with Gasteiger partial charge in [0.2, 0.25) is 0 Å². The predicted molar refractivity (Wildman–Crippen MR) is 75.6 cm³/mol. The lowest BCUT2D eigenvalue weighted by molar-refractivity contribution is 0.129. The molecule has 0 aromatic carbocycles. The van der Waals surface area contributed by atoms with Gasteiger partial charge in [-0.05, 0) is 44.1 Å². The zero-order valence-electron chi connectivity index (χ0n) is 12.5. The highest BCUT2D eigenvalue weighted by molar-refractivity contribution is 5.03. The maximum atomic E-state index is 9.51. The maximum absolute atomic E-state index is 9.51. The first-order valence-electron chi connectivity index (χ1n) is 7.10. The SMILES string of the molecule is CCC(CC)n1ccc(CC(C)(C)CC(C)O)n1. The maximum Gasteiger partial charge on any atom is 0.0630 e. The molecule has 0 spiro atoms. The van der Waals surface area contributed by atoms with Crippen LogP contribution in [0.4, 0.5) is 0 Å². The van der Waals surface area contributed by atoms with Crippen LogP contribution in [-0.2, 0) is 6.42 Å². The summed E-state index contributed by atoms with van der Waals surface area (Å²) >= 11 is 0. The van der Waals surface area contributed by atoms with Crippen LogP contribution in [0.3, 0.4) is 0 Å². The molecular weight excluding hydrogens is 224 g/mol. The minimum atomic E-state index is -0.249. The molecule has 0 radical (unpaired) electrons. The molecule has 3 nitrogen and oxygen atoms in total. The van der Waals surface area contributed by atoms with Gasteiger partial charge in [-0.1, -0.05) is 27.7 Å². The van der Waals surface area contributed by atoms with Crippen LogP contribution in [0.2, 0.25) is 0 Å². The topological polar surface area (TPSA) is 38.0 Å². The highest BCUT2D eigenvalue weighted by Gasteiger charge is 2.22. The smallest absolute Gasteiger partial charge is 0.0630 e. The van der Waals surface area contributed by atoms with Crippen molar-refractivity contribution in [3.05, 3.63) is 18.0 Å². The molecule has 3 heteroatoms. The van der Waals surface area contributed by atoms with Crippen molar-refractivity contribution in [2.45, 2.75) is 72.4 Å². The zero-order valence-corrected chi connectivity index (χ0v) is 12.5. The fourth-order valence-electron chi connectivity index (χ4n) is 2.70. The molecule has 1 aromatic heterocycles. The molecule has 1 N–H and O–H groups in total. The first kappa shape index (κ1) is 15.2. The van der Waals surface area contributed by atoms with Gasteiger partial charge in [-0.2, -0.15) is 5.10 Å². The van der Waals surface area contributed by atoms with E-state index in [9.17, 15) is 5.11 Å². The van der Waals surface area contributed by atoms with E-state index in [0.29, 0.717) is 6.04 Å². The van der Waals surface area contributed by atoms with Crippen molar-refractivity contribution in [3.63, 3.8) is 0 Å². The monoisotopic (exact) mass is 252 g/mol. The molecule has 0 fully saturated rings. The second kappa shape index (κ2) is 6.37. The summed E-state index contributed by atoms with van der Waals surface area (Å²) in [5.74, 6) is 0. The van der Waals surface area contributed by atoms with Crippen LogP contribution >= 0.6 is 0 Å². The normalized spacial score (nSPS) is 14.2. The third kappa shape index (κ3) is 4.45. The Morgan fingerprint density at radius 2 is 1.94 bits per heavy atom. The summed E-state index contributed by atoms with van der Waals surface area (Å²) in [6, 6.07) is 2.63. The fraction of sp³-hybridized carbons (Fsp3) is 0.800. The van der Waals surface area contributed by atoms with Crippen LogP contribution < -0.4 is 0 Å². The summed E-state index contributed by atoms with van der Waals surface area (Å²) in [6.45, 7) is 10.6. The van der Waals surface area contributed by atoms with Crippen molar-refractivity contribution in [3.8, 4) is 0 Å². The first-order valence-corrected chi connectivity index (χ1v) is 7.10. The van der Waals surface area contributed by atoms with Crippen LogP contribution in [0.15, 0.2) is 12.3 Å². The molecule has 1 aromatic rings. The van der Waals surface area contributed by atoms with Crippen molar-refractivity contribution in [1.29, 1.82) is 0 Å². The Labute approximate surface area is 111 Å². The minimum absolute atomic E-state index is 0.0985. The molecule has 1 heterocycles. The van der Waals surface area contributed by atoms with Gasteiger partial charge in [0.1, 0.15) is 0 Å². The summed E-state index contributed by atoms with van der Waals surface area (Å²) in [4.78, 5) is 0. The molecule has 0 bridgehead atoms. The molecule has 18 heavy (non-hydrogen) atoms. The van der Waals surface area contributed by atoms with Gasteiger partial charge in [0, 0.05) is 6.20 Å². The van der Waals surface area contributed by atoms with Crippen LogP contribution in [0.5, 0.6) is 0 Å². The van der Waals surface area contributed by atoms with Crippen molar-refractivity contribution in [2.24, 2.45) is 5.41 Å². The number of aliphatic hydroxyl groups is 1. The van der Waals surface area contributed by atoms with E-state index in [4.69, 9.17) is 0 Å². The van der Waals surface area contributed by atoms with Gasteiger partial charge < -0.3 is 5.11 Å². The standard InChI is InChI=1S/C15H28N2O/c1-6-14(7-2)17-9-8-13(16-17)11-15(4,5)10-12(3)18/h8-9,12,14,18H,6-7,10-11H2,1-5H3. The Balaban J connectivity index is 2.69. The van der Waals surface area contributed by atoms with Gasteiger partial charge in [0.25, 0.3) is 0 Å². The van der Waals surface area contributed by atoms with Crippen molar-refractivity contribution >= 4 is 0 Å². The van der Waals surface area contributed by atoms with Crippen LogP contribution in [0, 0.1) is 5.41 Å². The van der Waals surface area contributed by atoms with E-state index in [2.05, 4.69) is 49.7 Å². The zero-order chi connectivity index (χ0) is 13.8. The van der Waals surface area contributed by atoms with Gasteiger partial charge in [0.15, 0.2) is 0 Å². The molecule has 1 unspecified atom stereocenters. The Morgan fingerprint density at radius 1 is 1.33 bits per heavy atom. The molecule has 1 atom stereocenters. The van der Waals surface area contributed by atoms with E-state index in [0.717, 1.165) is 31.4 Å². The summed E-state index contributed by atoms with van der Waals surface area (Å²) in [5, 5.41) is 14.2.